The second-order valence-corrected chi connectivity index (χ2v) is 6.78. The molecule has 1 aliphatic heterocycles. The predicted molar refractivity (Wildman–Crippen MR) is 106 cm³/mol. The van der Waals surface area contributed by atoms with Crippen LogP contribution in [0.2, 0.25) is 0 Å². The number of halogens is 3. The Kier molecular flexibility index (Phi) is 7.87. The molecule has 0 bridgehead atoms. The Bertz CT molecular complexity index is 744. The standard InChI is InChI=1S/C21H25F2NO2.ClH/c1-15(16-4-3-5-19(12-16)25-2)6-7-18-14-26-11-10-24(18)17-8-9-20(22)21(23)13-17;/h3-5,8-9,12-13,15,18H,6-7,10-11,14H2,1-2H3;1H/t15-,18?;/m0./s1. The number of morpholine rings is 1. The Balaban J connectivity index is 0.00000261. The molecule has 1 saturated heterocycles. The molecule has 1 heterocycles. The van der Waals surface area contributed by atoms with Crippen molar-refractivity contribution in [3.05, 3.63) is 59.7 Å². The number of rotatable bonds is 6. The minimum atomic E-state index is -0.815. The largest absolute Gasteiger partial charge is 0.497 e. The molecule has 0 aliphatic carbocycles. The summed E-state index contributed by atoms with van der Waals surface area (Å²) in [6, 6.07) is 12.4. The third-order valence-corrected chi connectivity index (χ3v) is 5.06. The number of methoxy groups -OCH3 is 1. The van der Waals surface area contributed by atoms with Crippen LogP contribution in [-0.4, -0.2) is 32.9 Å². The number of ether oxygens (including phenoxy) is 2. The van der Waals surface area contributed by atoms with Gasteiger partial charge < -0.3 is 14.4 Å². The molecule has 3 nitrogen and oxygen atoms in total. The van der Waals surface area contributed by atoms with Crippen LogP contribution in [0.15, 0.2) is 42.5 Å². The van der Waals surface area contributed by atoms with Gasteiger partial charge in [-0.15, -0.1) is 12.4 Å². The molecule has 6 heteroatoms. The van der Waals surface area contributed by atoms with E-state index in [2.05, 4.69) is 24.0 Å². The van der Waals surface area contributed by atoms with Crippen molar-refractivity contribution in [2.45, 2.75) is 31.7 Å². The van der Waals surface area contributed by atoms with Gasteiger partial charge in [0.05, 0.1) is 26.4 Å². The summed E-state index contributed by atoms with van der Waals surface area (Å²) in [4.78, 5) is 2.13. The Morgan fingerprint density at radius 1 is 1.19 bits per heavy atom. The van der Waals surface area contributed by atoms with Gasteiger partial charge in [-0.2, -0.15) is 0 Å². The lowest BCUT2D eigenvalue weighted by Crippen LogP contribution is -2.45. The lowest BCUT2D eigenvalue weighted by atomic mass is 9.93. The molecule has 2 aromatic carbocycles. The van der Waals surface area contributed by atoms with Crippen LogP contribution in [-0.2, 0) is 4.74 Å². The first-order chi connectivity index (χ1) is 12.6. The van der Waals surface area contributed by atoms with Crippen molar-refractivity contribution in [1.82, 2.24) is 0 Å². The molecule has 3 rings (SSSR count). The van der Waals surface area contributed by atoms with Gasteiger partial charge in [-0.05, 0) is 48.6 Å². The van der Waals surface area contributed by atoms with E-state index in [-0.39, 0.29) is 18.4 Å². The monoisotopic (exact) mass is 397 g/mol. The minimum Gasteiger partial charge on any atom is -0.497 e. The van der Waals surface area contributed by atoms with Gasteiger partial charge in [-0.1, -0.05) is 19.1 Å². The van der Waals surface area contributed by atoms with E-state index in [1.807, 2.05) is 12.1 Å². The molecule has 0 N–H and O–H groups in total. The van der Waals surface area contributed by atoms with Crippen LogP contribution in [0.5, 0.6) is 5.75 Å². The number of nitrogens with zero attached hydrogens (tertiary/aromatic N) is 1. The average Bonchev–Trinajstić information content (AvgIpc) is 2.68. The summed E-state index contributed by atoms with van der Waals surface area (Å²) in [7, 11) is 1.67. The van der Waals surface area contributed by atoms with Crippen LogP contribution in [0.3, 0.4) is 0 Å². The zero-order valence-electron chi connectivity index (χ0n) is 15.7. The molecule has 148 valence electrons. The molecule has 2 atom stereocenters. The van der Waals surface area contributed by atoms with E-state index in [4.69, 9.17) is 9.47 Å². The number of anilines is 1. The Morgan fingerprint density at radius 2 is 2.00 bits per heavy atom. The van der Waals surface area contributed by atoms with Gasteiger partial charge in [0, 0.05) is 18.3 Å². The second-order valence-electron chi connectivity index (χ2n) is 6.78. The summed E-state index contributed by atoms with van der Waals surface area (Å²) in [5, 5.41) is 0. The Morgan fingerprint density at radius 3 is 2.74 bits per heavy atom. The topological polar surface area (TPSA) is 21.7 Å². The molecular weight excluding hydrogens is 372 g/mol. The van der Waals surface area contributed by atoms with Crippen LogP contribution in [0.1, 0.15) is 31.2 Å². The van der Waals surface area contributed by atoms with E-state index < -0.39 is 11.6 Å². The summed E-state index contributed by atoms with van der Waals surface area (Å²) >= 11 is 0. The highest BCUT2D eigenvalue weighted by atomic mass is 35.5. The molecule has 1 unspecified atom stereocenters. The maximum absolute atomic E-state index is 13.6. The van der Waals surface area contributed by atoms with Gasteiger partial charge in [0.1, 0.15) is 5.75 Å². The Labute approximate surface area is 165 Å². The number of hydrogen-bond donors (Lipinski definition) is 0. The average molecular weight is 398 g/mol. The van der Waals surface area contributed by atoms with Gasteiger partial charge in [-0.25, -0.2) is 8.78 Å². The van der Waals surface area contributed by atoms with Gasteiger partial charge >= 0.3 is 0 Å². The van der Waals surface area contributed by atoms with Crippen molar-refractivity contribution in [3.63, 3.8) is 0 Å². The van der Waals surface area contributed by atoms with Crippen molar-refractivity contribution in [3.8, 4) is 5.75 Å². The first kappa shape index (κ1) is 21.5. The molecule has 0 amide bonds. The van der Waals surface area contributed by atoms with E-state index in [1.165, 1.54) is 17.7 Å². The number of hydrogen-bond acceptors (Lipinski definition) is 3. The Hall–Kier alpha value is -1.85. The fraction of sp³-hybridized carbons (Fsp3) is 0.429. The van der Waals surface area contributed by atoms with E-state index in [0.717, 1.165) is 18.6 Å². The lowest BCUT2D eigenvalue weighted by Gasteiger charge is -2.38. The molecule has 0 saturated carbocycles. The quantitative estimate of drug-likeness (QED) is 0.670. The van der Waals surface area contributed by atoms with Gasteiger partial charge in [0.25, 0.3) is 0 Å². The molecular formula is C21H26ClF2NO2. The summed E-state index contributed by atoms with van der Waals surface area (Å²) in [5.74, 6) is -0.389. The van der Waals surface area contributed by atoms with Crippen LogP contribution >= 0.6 is 12.4 Å². The summed E-state index contributed by atoms with van der Waals surface area (Å²) in [5.41, 5.74) is 1.95. The molecule has 0 radical (unpaired) electrons. The van der Waals surface area contributed by atoms with E-state index in [0.29, 0.717) is 31.4 Å². The van der Waals surface area contributed by atoms with Crippen molar-refractivity contribution >= 4 is 18.1 Å². The summed E-state index contributed by atoms with van der Waals surface area (Å²) < 4.78 is 37.8. The van der Waals surface area contributed by atoms with Crippen LogP contribution in [0.25, 0.3) is 0 Å². The maximum atomic E-state index is 13.6. The van der Waals surface area contributed by atoms with Crippen molar-refractivity contribution < 1.29 is 18.3 Å². The third kappa shape index (κ3) is 5.33. The van der Waals surface area contributed by atoms with E-state index in [1.54, 1.807) is 13.2 Å². The molecule has 1 aliphatic rings. The predicted octanol–water partition coefficient (Wildman–Crippen LogP) is 5.18. The molecule has 0 spiro atoms. The van der Waals surface area contributed by atoms with Gasteiger partial charge in [0.2, 0.25) is 0 Å². The lowest BCUT2D eigenvalue weighted by molar-refractivity contribution is 0.0904. The summed E-state index contributed by atoms with van der Waals surface area (Å²) in [6.07, 6.45) is 1.89. The first-order valence-corrected chi connectivity index (χ1v) is 9.02. The van der Waals surface area contributed by atoms with Crippen LogP contribution < -0.4 is 9.64 Å². The SMILES string of the molecule is COc1cccc([C@@H](C)CCC2COCCN2c2ccc(F)c(F)c2)c1.Cl. The highest BCUT2D eigenvalue weighted by Crippen LogP contribution is 2.29. The van der Waals surface area contributed by atoms with Crippen LogP contribution in [0, 0.1) is 11.6 Å². The van der Waals surface area contributed by atoms with Crippen molar-refractivity contribution in [2.24, 2.45) is 0 Å². The van der Waals surface area contributed by atoms with Crippen molar-refractivity contribution in [2.75, 3.05) is 31.8 Å². The fourth-order valence-electron chi connectivity index (χ4n) is 3.45. The fourth-order valence-corrected chi connectivity index (χ4v) is 3.45. The molecule has 0 aromatic heterocycles. The highest BCUT2D eigenvalue weighted by molar-refractivity contribution is 5.85. The van der Waals surface area contributed by atoms with Crippen molar-refractivity contribution in [1.29, 1.82) is 0 Å². The third-order valence-electron chi connectivity index (χ3n) is 5.06. The molecule has 2 aromatic rings. The summed E-state index contributed by atoms with van der Waals surface area (Å²) in [6.45, 7) is 4.08. The van der Waals surface area contributed by atoms with E-state index >= 15 is 0 Å². The van der Waals surface area contributed by atoms with E-state index in [9.17, 15) is 8.78 Å². The smallest absolute Gasteiger partial charge is 0.160 e. The molecule has 1 fully saturated rings. The number of benzene rings is 2. The van der Waals surface area contributed by atoms with Crippen LogP contribution in [0.4, 0.5) is 14.5 Å². The maximum Gasteiger partial charge on any atom is 0.160 e. The zero-order chi connectivity index (χ0) is 18.5. The van der Waals surface area contributed by atoms with Gasteiger partial charge in [0.15, 0.2) is 11.6 Å². The van der Waals surface area contributed by atoms with Gasteiger partial charge in [-0.3, -0.25) is 0 Å². The minimum absolute atomic E-state index is 0. The zero-order valence-corrected chi connectivity index (χ0v) is 16.5. The molecule has 27 heavy (non-hydrogen) atoms. The first-order valence-electron chi connectivity index (χ1n) is 9.02. The normalized spacial score (nSPS) is 17.9. The second kappa shape index (κ2) is 9.90. The highest BCUT2D eigenvalue weighted by Gasteiger charge is 2.24.